The molecule has 6 nitrogen and oxygen atoms in total. The van der Waals surface area contributed by atoms with E-state index in [2.05, 4.69) is 10.6 Å². The molecule has 2 N–H and O–H groups in total. The number of benzene rings is 2. The molecular formula is C22H26N4O2. The minimum Gasteiger partial charge on any atom is -0.325 e. The van der Waals surface area contributed by atoms with Gasteiger partial charge in [0, 0.05) is 11.4 Å². The third kappa shape index (κ3) is 5.41. The average Bonchev–Trinajstić information content (AvgIpc) is 2.64. The van der Waals surface area contributed by atoms with Crippen LogP contribution in [0.5, 0.6) is 0 Å². The highest BCUT2D eigenvalue weighted by molar-refractivity contribution is 5.96. The third-order valence-electron chi connectivity index (χ3n) is 4.63. The predicted octanol–water partition coefficient (Wildman–Crippen LogP) is 3.38. The lowest BCUT2D eigenvalue weighted by molar-refractivity contribution is -0.122. The van der Waals surface area contributed by atoms with Crippen LogP contribution in [-0.2, 0) is 9.59 Å². The summed E-state index contributed by atoms with van der Waals surface area (Å²) in [5.41, 5.74) is 5.01. The number of likely N-dealkylation sites (N-methyl/N-ethyl adjacent to an activating group) is 1. The fourth-order valence-electron chi connectivity index (χ4n) is 3.03. The SMILES string of the molecule is Cc1cc(C)c(NC(=O)CN(C)[C@H](C)C(=O)Nc2cccc(C#N)c2)c(C)c1. The Morgan fingerprint density at radius 2 is 1.75 bits per heavy atom. The number of amides is 2. The van der Waals surface area contributed by atoms with Gasteiger partial charge in [-0.3, -0.25) is 14.5 Å². The molecule has 0 aliphatic heterocycles. The highest BCUT2D eigenvalue weighted by Gasteiger charge is 2.21. The van der Waals surface area contributed by atoms with E-state index in [0.717, 1.165) is 22.4 Å². The van der Waals surface area contributed by atoms with Crippen LogP contribution in [-0.4, -0.2) is 36.3 Å². The maximum absolute atomic E-state index is 12.5. The van der Waals surface area contributed by atoms with Crippen LogP contribution in [0.15, 0.2) is 36.4 Å². The van der Waals surface area contributed by atoms with Crippen LogP contribution in [0.25, 0.3) is 0 Å². The third-order valence-corrected chi connectivity index (χ3v) is 4.63. The number of nitrogens with zero attached hydrogens (tertiary/aromatic N) is 2. The molecule has 0 spiro atoms. The van der Waals surface area contributed by atoms with Gasteiger partial charge >= 0.3 is 0 Å². The zero-order chi connectivity index (χ0) is 20.8. The van der Waals surface area contributed by atoms with Crippen molar-refractivity contribution in [3.8, 4) is 6.07 Å². The lowest BCUT2D eigenvalue weighted by Gasteiger charge is -2.24. The zero-order valence-electron chi connectivity index (χ0n) is 17.0. The number of hydrogen-bond donors (Lipinski definition) is 2. The summed E-state index contributed by atoms with van der Waals surface area (Å²) in [6.07, 6.45) is 0. The number of carbonyl (C=O) groups excluding carboxylic acids is 2. The fraction of sp³-hybridized carbons (Fsp3) is 0.318. The van der Waals surface area contributed by atoms with Crippen molar-refractivity contribution in [1.82, 2.24) is 4.90 Å². The number of carbonyl (C=O) groups is 2. The molecule has 146 valence electrons. The Bertz CT molecular complexity index is 907. The Morgan fingerprint density at radius 1 is 1.11 bits per heavy atom. The Kier molecular flexibility index (Phi) is 6.91. The smallest absolute Gasteiger partial charge is 0.241 e. The summed E-state index contributed by atoms with van der Waals surface area (Å²) >= 11 is 0. The number of nitrogens with one attached hydrogen (secondary N) is 2. The van der Waals surface area contributed by atoms with E-state index in [-0.39, 0.29) is 18.4 Å². The molecule has 6 heteroatoms. The maximum Gasteiger partial charge on any atom is 0.241 e. The van der Waals surface area contributed by atoms with Crippen LogP contribution < -0.4 is 10.6 Å². The molecule has 0 heterocycles. The van der Waals surface area contributed by atoms with Crippen LogP contribution in [0.2, 0.25) is 0 Å². The molecule has 0 saturated carbocycles. The first-order valence-corrected chi connectivity index (χ1v) is 9.10. The van der Waals surface area contributed by atoms with Crippen LogP contribution in [0.1, 0.15) is 29.2 Å². The van der Waals surface area contributed by atoms with E-state index in [4.69, 9.17) is 5.26 Å². The van der Waals surface area contributed by atoms with E-state index in [1.165, 1.54) is 0 Å². The summed E-state index contributed by atoms with van der Waals surface area (Å²) in [5, 5.41) is 14.7. The molecule has 2 amide bonds. The molecule has 1 atom stereocenters. The normalized spacial score (nSPS) is 11.6. The summed E-state index contributed by atoms with van der Waals surface area (Å²) in [6, 6.07) is 12.3. The van der Waals surface area contributed by atoms with E-state index in [1.807, 2.05) is 39.0 Å². The molecule has 0 radical (unpaired) electrons. The molecule has 0 saturated heterocycles. The van der Waals surface area contributed by atoms with Gasteiger partial charge in [-0.2, -0.15) is 5.26 Å². The van der Waals surface area contributed by atoms with Gasteiger partial charge in [0.05, 0.1) is 24.2 Å². The Labute approximate surface area is 166 Å². The Hall–Kier alpha value is -3.17. The van der Waals surface area contributed by atoms with Crippen molar-refractivity contribution in [3.63, 3.8) is 0 Å². The number of nitriles is 1. The Balaban J connectivity index is 1.97. The monoisotopic (exact) mass is 378 g/mol. The second-order valence-corrected chi connectivity index (χ2v) is 7.09. The van der Waals surface area contributed by atoms with Crippen molar-refractivity contribution in [3.05, 3.63) is 58.7 Å². The standard InChI is InChI=1S/C22H26N4O2/c1-14-9-15(2)21(16(3)10-14)25-20(27)13-26(5)17(4)22(28)24-19-8-6-7-18(11-19)12-23/h6-11,17H,13H2,1-5H3,(H,24,28)(H,25,27)/t17-/m1/s1. The van der Waals surface area contributed by atoms with E-state index in [9.17, 15) is 9.59 Å². The van der Waals surface area contributed by atoms with Gasteiger partial charge in [0.15, 0.2) is 0 Å². The first kappa shape index (κ1) is 21.1. The maximum atomic E-state index is 12.5. The van der Waals surface area contributed by atoms with Crippen LogP contribution in [0.3, 0.4) is 0 Å². The lowest BCUT2D eigenvalue weighted by Crippen LogP contribution is -2.43. The Morgan fingerprint density at radius 3 is 2.36 bits per heavy atom. The van der Waals surface area contributed by atoms with E-state index in [0.29, 0.717) is 11.3 Å². The molecule has 2 aromatic carbocycles. The zero-order valence-corrected chi connectivity index (χ0v) is 17.0. The van der Waals surface area contributed by atoms with Crippen molar-refractivity contribution in [2.45, 2.75) is 33.7 Å². The summed E-state index contributed by atoms with van der Waals surface area (Å²) < 4.78 is 0. The summed E-state index contributed by atoms with van der Waals surface area (Å²) in [4.78, 5) is 26.6. The second kappa shape index (κ2) is 9.16. The molecule has 2 aromatic rings. The van der Waals surface area contributed by atoms with Crippen LogP contribution >= 0.6 is 0 Å². The average molecular weight is 378 g/mol. The van der Waals surface area contributed by atoms with E-state index < -0.39 is 6.04 Å². The molecular weight excluding hydrogens is 352 g/mol. The van der Waals surface area contributed by atoms with Crippen molar-refractivity contribution in [1.29, 1.82) is 5.26 Å². The largest absolute Gasteiger partial charge is 0.325 e. The van der Waals surface area contributed by atoms with Gasteiger partial charge < -0.3 is 10.6 Å². The highest BCUT2D eigenvalue weighted by atomic mass is 16.2. The van der Waals surface area contributed by atoms with Crippen molar-refractivity contribution in [2.24, 2.45) is 0 Å². The van der Waals surface area contributed by atoms with Crippen LogP contribution in [0.4, 0.5) is 11.4 Å². The quantitative estimate of drug-likeness (QED) is 0.807. The summed E-state index contributed by atoms with van der Waals surface area (Å²) in [6.45, 7) is 7.76. The fourth-order valence-corrected chi connectivity index (χ4v) is 3.03. The van der Waals surface area contributed by atoms with Gasteiger partial charge in [0.1, 0.15) is 0 Å². The molecule has 0 unspecified atom stereocenters. The molecule has 0 aliphatic rings. The second-order valence-electron chi connectivity index (χ2n) is 7.09. The summed E-state index contributed by atoms with van der Waals surface area (Å²) in [7, 11) is 1.73. The molecule has 0 aliphatic carbocycles. The summed E-state index contributed by atoms with van der Waals surface area (Å²) in [5.74, 6) is -0.420. The van der Waals surface area contributed by atoms with Gasteiger partial charge in [-0.25, -0.2) is 0 Å². The first-order valence-electron chi connectivity index (χ1n) is 9.10. The molecule has 28 heavy (non-hydrogen) atoms. The molecule has 0 aromatic heterocycles. The molecule has 2 rings (SSSR count). The van der Waals surface area contributed by atoms with Gasteiger partial charge in [-0.15, -0.1) is 0 Å². The van der Waals surface area contributed by atoms with Crippen molar-refractivity contribution in [2.75, 3.05) is 24.2 Å². The lowest BCUT2D eigenvalue weighted by atomic mass is 10.1. The number of anilines is 2. The topological polar surface area (TPSA) is 85.2 Å². The number of hydrogen-bond acceptors (Lipinski definition) is 4. The molecule has 0 fully saturated rings. The predicted molar refractivity (Wildman–Crippen MR) is 111 cm³/mol. The highest BCUT2D eigenvalue weighted by Crippen LogP contribution is 2.22. The van der Waals surface area contributed by atoms with Gasteiger partial charge in [0.25, 0.3) is 0 Å². The van der Waals surface area contributed by atoms with Gasteiger partial charge in [-0.05, 0) is 64.1 Å². The van der Waals surface area contributed by atoms with Crippen molar-refractivity contribution >= 4 is 23.2 Å². The minimum absolute atomic E-state index is 0.0829. The molecule has 0 bridgehead atoms. The van der Waals surface area contributed by atoms with Gasteiger partial charge in [-0.1, -0.05) is 23.8 Å². The minimum atomic E-state index is -0.517. The van der Waals surface area contributed by atoms with E-state index >= 15 is 0 Å². The first-order chi connectivity index (χ1) is 13.2. The number of aryl methyl sites for hydroxylation is 3. The van der Waals surface area contributed by atoms with Gasteiger partial charge in [0.2, 0.25) is 11.8 Å². The van der Waals surface area contributed by atoms with Crippen LogP contribution in [0, 0.1) is 32.1 Å². The van der Waals surface area contributed by atoms with Crippen molar-refractivity contribution < 1.29 is 9.59 Å². The van der Waals surface area contributed by atoms with E-state index in [1.54, 1.807) is 43.1 Å². The number of rotatable bonds is 6.